The lowest BCUT2D eigenvalue weighted by atomic mass is 10.0. The van der Waals surface area contributed by atoms with Crippen LogP contribution in [0.4, 0.5) is 0 Å². The van der Waals surface area contributed by atoms with Gasteiger partial charge in [-0.3, -0.25) is 4.90 Å². The van der Waals surface area contributed by atoms with E-state index in [2.05, 4.69) is 29.2 Å². The van der Waals surface area contributed by atoms with Crippen LogP contribution in [-0.4, -0.2) is 29.2 Å². The van der Waals surface area contributed by atoms with Gasteiger partial charge < -0.3 is 5.11 Å². The van der Waals surface area contributed by atoms with Gasteiger partial charge in [-0.15, -0.1) is 0 Å². The minimum Gasteiger partial charge on any atom is -0.395 e. The van der Waals surface area contributed by atoms with E-state index in [0.717, 1.165) is 19.5 Å². The van der Waals surface area contributed by atoms with Gasteiger partial charge in [0.15, 0.2) is 0 Å². The number of aliphatic hydroxyl groups is 1. The number of nitrogens with zero attached hydrogens (tertiary/aromatic N) is 1. The van der Waals surface area contributed by atoms with E-state index in [1.54, 1.807) is 0 Å². The van der Waals surface area contributed by atoms with Crippen molar-refractivity contribution in [2.45, 2.75) is 19.0 Å². The second-order valence-corrected chi connectivity index (χ2v) is 3.58. The van der Waals surface area contributed by atoms with Crippen LogP contribution in [0.1, 0.15) is 12.0 Å². The van der Waals surface area contributed by atoms with Crippen LogP contribution < -0.4 is 0 Å². The zero-order valence-corrected chi connectivity index (χ0v) is 7.69. The number of hydrogen-bond donors (Lipinski definition) is 1. The first-order valence-electron chi connectivity index (χ1n) is 4.79. The van der Waals surface area contributed by atoms with Gasteiger partial charge in [-0.2, -0.15) is 0 Å². The smallest absolute Gasteiger partial charge is 0.0587 e. The molecule has 1 aliphatic rings. The maximum Gasteiger partial charge on any atom is 0.0587 e. The molecule has 0 bridgehead atoms. The Kier molecular flexibility index (Phi) is 2.62. The molecule has 2 heteroatoms. The van der Waals surface area contributed by atoms with Crippen molar-refractivity contribution in [2.75, 3.05) is 13.2 Å². The Morgan fingerprint density at radius 3 is 2.62 bits per heavy atom. The molecule has 1 aromatic rings. The third kappa shape index (κ3) is 1.90. The molecule has 13 heavy (non-hydrogen) atoms. The molecule has 1 N–H and O–H groups in total. The van der Waals surface area contributed by atoms with Gasteiger partial charge in [-0.1, -0.05) is 30.3 Å². The van der Waals surface area contributed by atoms with Gasteiger partial charge in [-0.05, 0) is 12.0 Å². The molecular formula is C11H15NO. The third-order valence-corrected chi connectivity index (χ3v) is 2.71. The standard InChI is InChI=1S/C11H15NO/c13-9-11-6-7-12(11)8-10-4-2-1-3-5-10/h1-5,11,13H,6-9H2/t11-/m0/s1. The lowest BCUT2D eigenvalue weighted by molar-refractivity contribution is 0.0356. The van der Waals surface area contributed by atoms with Gasteiger partial charge in [0, 0.05) is 19.1 Å². The fraction of sp³-hybridized carbons (Fsp3) is 0.455. The average Bonchev–Trinajstić information content (AvgIpc) is 2.15. The van der Waals surface area contributed by atoms with Crippen LogP contribution in [0.2, 0.25) is 0 Å². The molecule has 1 heterocycles. The summed E-state index contributed by atoms with van der Waals surface area (Å²) >= 11 is 0. The summed E-state index contributed by atoms with van der Waals surface area (Å²) in [6.45, 7) is 2.40. The monoisotopic (exact) mass is 177 g/mol. The predicted molar refractivity (Wildman–Crippen MR) is 52.3 cm³/mol. The van der Waals surface area contributed by atoms with Crippen LogP contribution in [-0.2, 0) is 6.54 Å². The summed E-state index contributed by atoms with van der Waals surface area (Å²) in [4.78, 5) is 2.31. The summed E-state index contributed by atoms with van der Waals surface area (Å²) in [5.74, 6) is 0. The molecular weight excluding hydrogens is 162 g/mol. The quantitative estimate of drug-likeness (QED) is 0.751. The Labute approximate surface area is 78.8 Å². The molecule has 1 saturated heterocycles. The summed E-state index contributed by atoms with van der Waals surface area (Å²) in [6, 6.07) is 10.8. The van der Waals surface area contributed by atoms with E-state index in [-0.39, 0.29) is 0 Å². The Morgan fingerprint density at radius 1 is 1.31 bits per heavy atom. The lowest BCUT2D eigenvalue weighted by Gasteiger charge is -2.39. The number of likely N-dealkylation sites (tertiary alicyclic amines) is 1. The number of hydrogen-bond acceptors (Lipinski definition) is 2. The molecule has 70 valence electrons. The van der Waals surface area contributed by atoms with Crippen molar-refractivity contribution >= 4 is 0 Å². The van der Waals surface area contributed by atoms with Gasteiger partial charge in [0.05, 0.1) is 6.61 Å². The van der Waals surface area contributed by atoms with Crippen LogP contribution >= 0.6 is 0 Å². The Hall–Kier alpha value is -0.860. The predicted octanol–water partition coefficient (Wildman–Crippen LogP) is 1.25. The Bertz CT molecular complexity index is 258. The topological polar surface area (TPSA) is 23.5 Å². The van der Waals surface area contributed by atoms with Crippen molar-refractivity contribution in [3.05, 3.63) is 35.9 Å². The fourth-order valence-corrected chi connectivity index (χ4v) is 1.73. The van der Waals surface area contributed by atoms with E-state index in [9.17, 15) is 0 Å². The fourth-order valence-electron chi connectivity index (χ4n) is 1.73. The average molecular weight is 177 g/mol. The van der Waals surface area contributed by atoms with E-state index >= 15 is 0 Å². The first-order valence-corrected chi connectivity index (χ1v) is 4.79. The van der Waals surface area contributed by atoms with Crippen molar-refractivity contribution in [1.29, 1.82) is 0 Å². The molecule has 0 aliphatic carbocycles. The maximum absolute atomic E-state index is 8.99. The highest BCUT2D eigenvalue weighted by molar-refractivity contribution is 5.15. The van der Waals surface area contributed by atoms with Crippen molar-refractivity contribution < 1.29 is 5.11 Å². The normalized spacial score (nSPS) is 22.7. The minimum absolute atomic E-state index is 0.298. The first kappa shape index (κ1) is 8.73. The molecule has 2 rings (SSSR count). The highest BCUT2D eigenvalue weighted by atomic mass is 16.3. The van der Waals surface area contributed by atoms with Gasteiger partial charge in [0.25, 0.3) is 0 Å². The highest BCUT2D eigenvalue weighted by Crippen LogP contribution is 2.19. The van der Waals surface area contributed by atoms with Crippen LogP contribution in [0.3, 0.4) is 0 Å². The molecule has 0 saturated carbocycles. The van der Waals surface area contributed by atoms with Gasteiger partial charge >= 0.3 is 0 Å². The molecule has 0 amide bonds. The van der Waals surface area contributed by atoms with E-state index in [1.165, 1.54) is 5.56 Å². The molecule has 0 radical (unpaired) electrons. The zero-order chi connectivity index (χ0) is 9.10. The number of rotatable bonds is 3. The number of benzene rings is 1. The summed E-state index contributed by atoms with van der Waals surface area (Å²) in [5, 5.41) is 8.99. The highest BCUT2D eigenvalue weighted by Gasteiger charge is 2.26. The van der Waals surface area contributed by atoms with Crippen molar-refractivity contribution in [1.82, 2.24) is 4.90 Å². The third-order valence-electron chi connectivity index (χ3n) is 2.71. The lowest BCUT2D eigenvalue weighted by Crippen LogP contribution is -2.48. The molecule has 0 unspecified atom stereocenters. The summed E-state index contributed by atoms with van der Waals surface area (Å²) in [7, 11) is 0. The minimum atomic E-state index is 0.298. The largest absolute Gasteiger partial charge is 0.395 e. The van der Waals surface area contributed by atoms with Gasteiger partial charge in [-0.25, -0.2) is 0 Å². The van der Waals surface area contributed by atoms with Crippen LogP contribution in [0.5, 0.6) is 0 Å². The van der Waals surface area contributed by atoms with E-state index in [4.69, 9.17) is 5.11 Å². The van der Waals surface area contributed by atoms with E-state index in [0.29, 0.717) is 12.6 Å². The molecule has 2 nitrogen and oxygen atoms in total. The van der Waals surface area contributed by atoms with Gasteiger partial charge in [0.2, 0.25) is 0 Å². The molecule has 1 fully saturated rings. The molecule has 1 aliphatic heterocycles. The number of aliphatic hydroxyl groups excluding tert-OH is 1. The molecule has 1 atom stereocenters. The Morgan fingerprint density at radius 2 is 2.08 bits per heavy atom. The second-order valence-electron chi connectivity index (χ2n) is 3.58. The van der Waals surface area contributed by atoms with E-state index in [1.807, 2.05) is 6.07 Å². The van der Waals surface area contributed by atoms with Crippen LogP contribution in [0.25, 0.3) is 0 Å². The van der Waals surface area contributed by atoms with Crippen LogP contribution in [0.15, 0.2) is 30.3 Å². The summed E-state index contributed by atoms with van der Waals surface area (Å²) in [6.07, 6.45) is 1.14. The summed E-state index contributed by atoms with van der Waals surface area (Å²) < 4.78 is 0. The zero-order valence-electron chi connectivity index (χ0n) is 7.69. The van der Waals surface area contributed by atoms with Crippen molar-refractivity contribution in [2.24, 2.45) is 0 Å². The first-order chi connectivity index (χ1) is 6.40. The van der Waals surface area contributed by atoms with Gasteiger partial charge in [0.1, 0.15) is 0 Å². The SMILES string of the molecule is OC[C@@H]1CCN1Cc1ccccc1. The molecule has 0 spiro atoms. The Balaban J connectivity index is 1.92. The van der Waals surface area contributed by atoms with Crippen molar-refractivity contribution in [3.8, 4) is 0 Å². The second kappa shape index (κ2) is 3.90. The molecule has 0 aromatic heterocycles. The van der Waals surface area contributed by atoms with Crippen LogP contribution in [0, 0.1) is 0 Å². The van der Waals surface area contributed by atoms with Crippen molar-refractivity contribution in [3.63, 3.8) is 0 Å². The maximum atomic E-state index is 8.99. The molecule has 1 aromatic carbocycles. The summed E-state index contributed by atoms with van der Waals surface area (Å²) in [5.41, 5.74) is 1.33. The van der Waals surface area contributed by atoms with E-state index < -0.39 is 0 Å².